The summed E-state index contributed by atoms with van der Waals surface area (Å²) in [4.78, 5) is 0. The van der Waals surface area contributed by atoms with Gasteiger partial charge in [-0.05, 0) is 41.3 Å². The Hall–Kier alpha value is -1.28. The van der Waals surface area contributed by atoms with Crippen LogP contribution >= 0.6 is 11.3 Å². The predicted octanol–water partition coefficient (Wildman–Crippen LogP) is 2.48. The normalized spacial score (nSPS) is 11.7. The van der Waals surface area contributed by atoms with Gasteiger partial charge in [0.15, 0.2) is 0 Å². The number of rotatable bonds is 7. The van der Waals surface area contributed by atoms with Gasteiger partial charge < -0.3 is 5.32 Å². The standard InChI is InChI=1S/C14H17FN2O2S2/c1-2-16-8-12-7-14(20-10-12)21(18,19)17-9-11-3-5-13(15)6-4-11/h3-7,10,16-17H,2,8-9H2,1H3. The number of sulfonamides is 1. The van der Waals surface area contributed by atoms with Gasteiger partial charge in [-0.2, -0.15) is 0 Å². The van der Waals surface area contributed by atoms with Crippen LogP contribution in [0.5, 0.6) is 0 Å². The van der Waals surface area contributed by atoms with E-state index in [9.17, 15) is 12.8 Å². The maximum Gasteiger partial charge on any atom is 0.250 e. The third-order valence-corrected chi connectivity index (χ3v) is 5.74. The van der Waals surface area contributed by atoms with Gasteiger partial charge in [0.2, 0.25) is 10.0 Å². The zero-order valence-corrected chi connectivity index (χ0v) is 13.2. The molecule has 0 saturated carbocycles. The minimum atomic E-state index is -3.53. The molecule has 0 spiro atoms. The van der Waals surface area contributed by atoms with Gasteiger partial charge in [-0.15, -0.1) is 11.3 Å². The van der Waals surface area contributed by atoms with E-state index in [1.54, 1.807) is 18.2 Å². The largest absolute Gasteiger partial charge is 0.313 e. The molecule has 2 aromatic rings. The maximum absolute atomic E-state index is 12.8. The van der Waals surface area contributed by atoms with E-state index in [1.165, 1.54) is 23.5 Å². The maximum atomic E-state index is 12.8. The molecule has 1 heterocycles. The van der Waals surface area contributed by atoms with E-state index in [4.69, 9.17) is 0 Å². The molecule has 1 aromatic carbocycles. The highest BCUT2D eigenvalue weighted by Gasteiger charge is 2.16. The quantitative estimate of drug-likeness (QED) is 0.821. The van der Waals surface area contributed by atoms with Gasteiger partial charge in [0, 0.05) is 13.1 Å². The van der Waals surface area contributed by atoms with Crippen molar-refractivity contribution < 1.29 is 12.8 Å². The fourth-order valence-corrected chi connectivity index (χ4v) is 3.98. The van der Waals surface area contributed by atoms with Gasteiger partial charge in [-0.1, -0.05) is 19.1 Å². The predicted molar refractivity (Wildman–Crippen MR) is 82.1 cm³/mol. The summed E-state index contributed by atoms with van der Waals surface area (Å²) in [6, 6.07) is 7.40. The van der Waals surface area contributed by atoms with E-state index in [0.717, 1.165) is 12.1 Å². The summed E-state index contributed by atoms with van der Waals surface area (Å²) in [7, 11) is -3.53. The number of halogens is 1. The third-order valence-electron chi connectivity index (χ3n) is 2.85. The van der Waals surface area contributed by atoms with E-state index < -0.39 is 10.0 Å². The van der Waals surface area contributed by atoms with Crippen LogP contribution in [-0.4, -0.2) is 15.0 Å². The molecular formula is C14H17FN2O2S2. The van der Waals surface area contributed by atoms with Crippen LogP contribution in [0.1, 0.15) is 18.1 Å². The van der Waals surface area contributed by atoms with Crippen molar-refractivity contribution in [1.29, 1.82) is 0 Å². The topological polar surface area (TPSA) is 58.2 Å². The van der Waals surface area contributed by atoms with E-state index in [2.05, 4.69) is 10.0 Å². The van der Waals surface area contributed by atoms with Gasteiger partial charge >= 0.3 is 0 Å². The molecule has 21 heavy (non-hydrogen) atoms. The molecule has 0 amide bonds. The van der Waals surface area contributed by atoms with Crippen molar-refractivity contribution >= 4 is 21.4 Å². The summed E-state index contributed by atoms with van der Waals surface area (Å²) in [6.07, 6.45) is 0. The second-order valence-corrected chi connectivity index (χ2v) is 7.41. The number of nitrogens with one attached hydrogen (secondary N) is 2. The number of thiophene rings is 1. The molecular weight excluding hydrogens is 311 g/mol. The smallest absolute Gasteiger partial charge is 0.250 e. The van der Waals surface area contributed by atoms with Gasteiger partial charge in [0.25, 0.3) is 0 Å². The van der Waals surface area contributed by atoms with Crippen LogP contribution < -0.4 is 10.0 Å². The van der Waals surface area contributed by atoms with Crippen molar-refractivity contribution in [2.24, 2.45) is 0 Å². The van der Waals surface area contributed by atoms with Crippen LogP contribution in [0, 0.1) is 5.82 Å². The van der Waals surface area contributed by atoms with Gasteiger partial charge in [0.1, 0.15) is 10.0 Å². The molecule has 0 unspecified atom stereocenters. The van der Waals surface area contributed by atoms with Crippen molar-refractivity contribution in [2.75, 3.05) is 6.54 Å². The number of hydrogen-bond donors (Lipinski definition) is 2. The van der Waals surface area contributed by atoms with Crippen LogP contribution in [0.2, 0.25) is 0 Å². The molecule has 7 heteroatoms. The lowest BCUT2D eigenvalue weighted by atomic mass is 10.2. The average Bonchev–Trinajstić information content (AvgIpc) is 2.94. The molecule has 0 aliphatic rings. The van der Waals surface area contributed by atoms with Crippen molar-refractivity contribution in [3.63, 3.8) is 0 Å². The highest BCUT2D eigenvalue weighted by atomic mass is 32.2. The average molecular weight is 328 g/mol. The summed E-state index contributed by atoms with van der Waals surface area (Å²) in [5.41, 5.74) is 1.66. The second-order valence-electron chi connectivity index (χ2n) is 4.51. The van der Waals surface area contributed by atoms with E-state index in [0.29, 0.717) is 12.1 Å². The molecule has 114 valence electrons. The molecule has 2 rings (SSSR count). The molecule has 4 nitrogen and oxygen atoms in total. The lowest BCUT2D eigenvalue weighted by molar-refractivity contribution is 0.583. The van der Waals surface area contributed by atoms with Crippen molar-refractivity contribution in [1.82, 2.24) is 10.0 Å². The SMILES string of the molecule is CCNCc1csc(S(=O)(=O)NCc2ccc(F)cc2)c1. The van der Waals surface area contributed by atoms with Crippen molar-refractivity contribution in [2.45, 2.75) is 24.2 Å². The second kappa shape index (κ2) is 7.13. The summed E-state index contributed by atoms with van der Waals surface area (Å²) >= 11 is 1.19. The molecule has 0 atom stereocenters. The fourth-order valence-electron chi connectivity index (χ4n) is 1.71. The van der Waals surface area contributed by atoms with Crippen LogP contribution in [-0.2, 0) is 23.1 Å². The monoisotopic (exact) mass is 328 g/mol. The van der Waals surface area contributed by atoms with Crippen LogP contribution in [0.3, 0.4) is 0 Å². The Morgan fingerprint density at radius 2 is 1.86 bits per heavy atom. The summed E-state index contributed by atoms with van der Waals surface area (Å²) in [6.45, 7) is 3.62. The molecule has 1 aromatic heterocycles. The summed E-state index contributed by atoms with van der Waals surface area (Å²) in [5.74, 6) is -0.340. The first-order valence-corrected chi connectivity index (χ1v) is 8.90. The van der Waals surface area contributed by atoms with Gasteiger partial charge in [0.05, 0.1) is 0 Å². The minimum absolute atomic E-state index is 0.142. The first-order chi connectivity index (χ1) is 10.0. The third kappa shape index (κ3) is 4.60. The Kier molecular flexibility index (Phi) is 5.46. The molecule has 0 aliphatic carbocycles. The van der Waals surface area contributed by atoms with E-state index in [1.807, 2.05) is 12.3 Å². The summed E-state index contributed by atoms with van der Waals surface area (Å²) < 4.78 is 39.9. The number of hydrogen-bond acceptors (Lipinski definition) is 4. The van der Waals surface area contributed by atoms with Crippen LogP contribution in [0.25, 0.3) is 0 Å². The molecule has 0 radical (unpaired) electrons. The highest BCUT2D eigenvalue weighted by molar-refractivity contribution is 7.91. The Labute approximate surface area is 128 Å². The van der Waals surface area contributed by atoms with Gasteiger partial charge in [-0.25, -0.2) is 17.5 Å². The lowest BCUT2D eigenvalue weighted by Crippen LogP contribution is -2.22. The first kappa shape index (κ1) is 16.1. The zero-order chi connectivity index (χ0) is 15.3. The van der Waals surface area contributed by atoms with Crippen molar-refractivity contribution in [3.05, 3.63) is 52.7 Å². The Balaban J connectivity index is 2.00. The molecule has 0 bridgehead atoms. The Morgan fingerprint density at radius 3 is 2.52 bits per heavy atom. The molecule has 0 fully saturated rings. The van der Waals surface area contributed by atoms with Crippen molar-refractivity contribution in [3.8, 4) is 0 Å². The lowest BCUT2D eigenvalue weighted by Gasteiger charge is -2.04. The zero-order valence-electron chi connectivity index (χ0n) is 11.6. The van der Waals surface area contributed by atoms with E-state index >= 15 is 0 Å². The Morgan fingerprint density at radius 1 is 1.14 bits per heavy atom. The molecule has 2 N–H and O–H groups in total. The van der Waals surface area contributed by atoms with Crippen LogP contribution in [0.15, 0.2) is 39.9 Å². The Bertz CT molecular complexity index is 681. The highest BCUT2D eigenvalue weighted by Crippen LogP contribution is 2.20. The molecule has 0 saturated heterocycles. The van der Waals surface area contributed by atoms with Crippen LogP contribution in [0.4, 0.5) is 4.39 Å². The van der Waals surface area contributed by atoms with E-state index in [-0.39, 0.29) is 16.6 Å². The summed E-state index contributed by atoms with van der Waals surface area (Å²) in [5, 5.41) is 4.98. The molecule has 0 aliphatic heterocycles. The minimum Gasteiger partial charge on any atom is -0.313 e. The fraction of sp³-hybridized carbons (Fsp3) is 0.286. The van der Waals surface area contributed by atoms with Gasteiger partial charge in [-0.3, -0.25) is 0 Å². The first-order valence-electron chi connectivity index (χ1n) is 6.53. The number of benzene rings is 1.